The number of rotatable bonds is 3. The number of thiophene rings is 2. The van der Waals surface area contributed by atoms with E-state index in [2.05, 4.69) is 126 Å². The number of para-hydroxylation sites is 2. The predicted molar refractivity (Wildman–Crippen MR) is 188 cm³/mol. The Labute approximate surface area is 267 Å². The molecule has 8 aromatic rings. The van der Waals surface area contributed by atoms with Crippen molar-refractivity contribution < 1.29 is 0 Å². The van der Waals surface area contributed by atoms with Gasteiger partial charge in [0.25, 0.3) is 0 Å². The minimum absolute atomic E-state index is 0.152. The Morgan fingerprint density at radius 1 is 0.511 bits per heavy atom. The van der Waals surface area contributed by atoms with E-state index in [9.17, 15) is 10.5 Å². The summed E-state index contributed by atoms with van der Waals surface area (Å²) in [4.78, 5) is 2.43. The van der Waals surface area contributed by atoms with Gasteiger partial charge in [-0.2, -0.15) is 10.5 Å². The molecule has 0 amide bonds. The SMILES string of the molecule is N#CC(C#N)=C1c2ccccc2-c2ccc(-c3cc4sc(-c5ccc6c(c5)c5ccccc5n6-c5ccccc5)cc4s3)cc21. The smallest absolute Gasteiger partial charge is 0.138 e. The summed E-state index contributed by atoms with van der Waals surface area (Å²) in [6.45, 7) is 0. The number of allylic oxidation sites excluding steroid dienone is 1. The number of fused-ring (bicyclic) bond motifs is 7. The lowest BCUT2D eigenvalue weighted by atomic mass is 9.97. The number of hydrogen-bond donors (Lipinski definition) is 0. The van der Waals surface area contributed by atoms with Crippen LogP contribution in [0.4, 0.5) is 0 Å². The summed E-state index contributed by atoms with van der Waals surface area (Å²) < 4.78 is 4.86. The van der Waals surface area contributed by atoms with Gasteiger partial charge in [-0.05, 0) is 81.9 Å². The lowest BCUT2D eigenvalue weighted by Gasteiger charge is -2.07. The van der Waals surface area contributed by atoms with Crippen LogP contribution in [0.25, 0.3) is 74.5 Å². The van der Waals surface area contributed by atoms with Crippen molar-refractivity contribution >= 4 is 59.5 Å². The fourth-order valence-corrected chi connectivity index (χ4v) is 9.12. The molecule has 0 spiro atoms. The molecular formula is C40H21N3S2. The molecule has 208 valence electrons. The molecule has 3 aromatic heterocycles. The Hall–Kier alpha value is -5.72. The average Bonchev–Trinajstić information content (AvgIpc) is 3.84. The molecule has 0 fully saturated rings. The highest BCUT2D eigenvalue weighted by atomic mass is 32.1. The fraction of sp³-hybridized carbons (Fsp3) is 0. The van der Waals surface area contributed by atoms with Crippen LogP contribution < -0.4 is 0 Å². The number of nitriles is 2. The summed E-state index contributed by atoms with van der Waals surface area (Å²) in [5.41, 5.74) is 10.8. The Morgan fingerprint density at radius 3 is 1.87 bits per heavy atom. The Kier molecular flexibility index (Phi) is 5.67. The molecule has 1 aliphatic carbocycles. The second kappa shape index (κ2) is 9.91. The average molecular weight is 608 g/mol. The van der Waals surface area contributed by atoms with E-state index in [0.29, 0.717) is 0 Å². The largest absolute Gasteiger partial charge is 0.309 e. The second-order valence-electron chi connectivity index (χ2n) is 11.1. The number of nitrogens with zero attached hydrogens (tertiary/aromatic N) is 3. The van der Waals surface area contributed by atoms with Crippen LogP contribution in [0, 0.1) is 22.7 Å². The van der Waals surface area contributed by atoms with E-state index < -0.39 is 0 Å². The number of hydrogen-bond acceptors (Lipinski definition) is 4. The van der Waals surface area contributed by atoms with Gasteiger partial charge in [0.1, 0.15) is 17.7 Å². The summed E-state index contributed by atoms with van der Waals surface area (Å²) in [6.07, 6.45) is 0. The van der Waals surface area contributed by atoms with Gasteiger partial charge in [0.05, 0.1) is 11.0 Å². The van der Waals surface area contributed by atoms with Crippen molar-refractivity contribution in [2.45, 2.75) is 0 Å². The number of aromatic nitrogens is 1. The highest BCUT2D eigenvalue weighted by Gasteiger charge is 2.27. The van der Waals surface area contributed by atoms with Gasteiger partial charge in [0.15, 0.2) is 0 Å². The van der Waals surface area contributed by atoms with E-state index in [1.807, 2.05) is 29.5 Å². The molecule has 5 heteroatoms. The third-order valence-electron chi connectivity index (χ3n) is 8.71. The molecule has 0 saturated heterocycles. The fourth-order valence-electron chi connectivity index (χ4n) is 6.73. The molecule has 0 radical (unpaired) electrons. The van der Waals surface area contributed by atoms with Crippen molar-refractivity contribution in [3.8, 4) is 49.8 Å². The minimum atomic E-state index is 0.152. The van der Waals surface area contributed by atoms with Crippen LogP contribution in [0.5, 0.6) is 0 Å². The lowest BCUT2D eigenvalue weighted by Crippen LogP contribution is -1.92. The van der Waals surface area contributed by atoms with Gasteiger partial charge in [-0.15, -0.1) is 22.7 Å². The van der Waals surface area contributed by atoms with Gasteiger partial charge in [-0.3, -0.25) is 0 Å². The minimum Gasteiger partial charge on any atom is -0.309 e. The molecule has 3 nitrogen and oxygen atoms in total. The maximum atomic E-state index is 9.75. The zero-order valence-electron chi connectivity index (χ0n) is 23.8. The molecule has 0 unspecified atom stereocenters. The Morgan fingerprint density at radius 2 is 1.11 bits per heavy atom. The van der Waals surface area contributed by atoms with Crippen LogP contribution in [-0.2, 0) is 0 Å². The van der Waals surface area contributed by atoms with E-state index in [0.717, 1.165) is 39.1 Å². The van der Waals surface area contributed by atoms with E-state index in [4.69, 9.17) is 0 Å². The normalized spacial score (nSPS) is 11.9. The van der Waals surface area contributed by atoms with Crippen molar-refractivity contribution in [3.05, 3.63) is 144 Å². The van der Waals surface area contributed by atoms with Crippen LogP contribution in [0.3, 0.4) is 0 Å². The Balaban J connectivity index is 1.12. The van der Waals surface area contributed by atoms with E-state index in [1.165, 1.54) is 46.5 Å². The van der Waals surface area contributed by atoms with E-state index in [-0.39, 0.29) is 5.57 Å². The van der Waals surface area contributed by atoms with Crippen molar-refractivity contribution in [1.29, 1.82) is 10.5 Å². The third-order valence-corrected chi connectivity index (χ3v) is 11.1. The standard InChI is InChI=1S/C40H21N3S2/c41-22-26(23-42)40-31-12-5-4-10-28(31)29-16-14-24(19-33(29)40)36-20-38-39(44-36)21-37(45-38)25-15-17-35-32(18-25)30-11-6-7-13-34(30)43(35)27-8-2-1-3-9-27/h1-21H. The molecular weight excluding hydrogens is 587 g/mol. The molecule has 0 bridgehead atoms. The quantitative estimate of drug-likeness (QED) is 0.188. The lowest BCUT2D eigenvalue weighted by molar-refractivity contribution is 1.18. The summed E-state index contributed by atoms with van der Waals surface area (Å²) >= 11 is 3.60. The van der Waals surface area contributed by atoms with Gasteiger partial charge >= 0.3 is 0 Å². The highest BCUT2D eigenvalue weighted by molar-refractivity contribution is 7.31. The van der Waals surface area contributed by atoms with Crippen molar-refractivity contribution in [2.24, 2.45) is 0 Å². The number of benzene rings is 5. The second-order valence-corrected chi connectivity index (χ2v) is 13.3. The van der Waals surface area contributed by atoms with Crippen LogP contribution in [0.1, 0.15) is 11.1 Å². The summed E-state index contributed by atoms with van der Waals surface area (Å²) in [5, 5.41) is 22.0. The molecule has 0 aliphatic heterocycles. The zero-order valence-corrected chi connectivity index (χ0v) is 25.4. The first-order chi connectivity index (χ1) is 22.2. The van der Waals surface area contributed by atoms with Crippen molar-refractivity contribution in [2.75, 3.05) is 0 Å². The highest BCUT2D eigenvalue weighted by Crippen LogP contribution is 2.48. The maximum absolute atomic E-state index is 9.75. The topological polar surface area (TPSA) is 52.5 Å². The third kappa shape index (κ3) is 3.86. The van der Waals surface area contributed by atoms with Crippen molar-refractivity contribution in [1.82, 2.24) is 4.57 Å². The molecule has 45 heavy (non-hydrogen) atoms. The first kappa shape index (κ1) is 25.7. The summed E-state index contributed by atoms with van der Waals surface area (Å²) in [5.74, 6) is 0. The van der Waals surface area contributed by atoms with Gasteiger partial charge in [-0.1, -0.05) is 78.9 Å². The van der Waals surface area contributed by atoms with Gasteiger partial charge in [0.2, 0.25) is 0 Å². The summed E-state index contributed by atoms with van der Waals surface area (Å²) in [7, 11) is 0. The molecule has 0 N–H and O–H groups in total. The van der Waals surface area contributed by atoms with Gasteiger partial charge in [0, 0.05) is 41.2 Å². The van der Waals surface area contributed by atoms with Crippen LogP contribution in [-0.4, -0.2) is 4.57 Å². The van der Waals surface area contributed by atoms with E-state index in [1.54, 1.807) is 11.3 Å². The monoisotopic (exact) mass is 607 g/mol. The molecule has 9 rings (SSSR count). The molecule has 0 atom stereocenters. The van der Waals surface area contributed by atoms with Gasteiger partial charge in [-0.25, -0.2) is 0 Å². The first-order valence-corrected chi connectivity index (χ1v) is 16.3. The molecule has 1 aliphatic rings. The summed E-state index contributed by atoms with van der Waals surface area (Å²) in [6, 6.07) is 49.3. The Bertz CT molecular complexity index is 2570. The van der Waals surface area contributed by atoms with Crippen LogP contribution in [0.15, 0.2) is 133 Å². The first-order valence-electron chi connectivity index (χ1n) is 14.6. The molecule has 0 saturated carbocycles. The van der Waals surface area contributed by atoms with Crippen molar-refractivity contribution in [3.63, 3.8) is 0 Å². The maximum Gasteiger partial charge on any atom is 0.138 e. The van der Waals surface area contributed by atoms with Crippen LogP contribution in [0.2, 0.25) is 0 Å². The van der Waals surface area contributed by atoms with Crippen LogP contribution >= 0.6 is 22.7 Å². The predicted octanol–water partition coefficient (Wildman–Crippen LogP) is 11.2. The van der Waals surface area contributed by atoms with E-state index >= 15 is 0 Å². The molecule has 5 aromatic carbocycles. The zero-order chi connectivity index (χ0) is 30.1. The molecule has 3 heterocycles. The van der Waals surface area contributed by atoms with Gasteiger partial charge < -0.3 is 4.57 Å².